The number of methoxy groups -OCH3 is 1. The highest BCUT2D eigenvalue weighted by molar-refractivity contribution is 6.30. The number of carbonyl (C=O) groups excluding carboxylic acids is 1. The third-order valence-electron chi connectivity index (χ3n) is 6.38. The Morgan fingerprint density at radius 1 is 1.02 bits per heavy atom. The first-order chi connectivity index (χ1) is 19.5. The van der Waals surface area contributed by atoms with Gasteiger partial charge in [-0.25, -0.2) is 0 Å². The summed E-state index contributed by atoms with van der Waals surface area (Å²) in [5, 5.41) is 12.5. The van der Waals surface area contributed by atoms with Crippen LogP contribution in [0.3, 0.4) is 0 Å². The lowest BCUT2D eigenvalue weighted by Gasteiger charge is -2.26. The molecule has 1 aliphatic heterocycles. The fourth-order valence-electron chi connectivity index (χ4n) is 4.48. The number of nitrogens with zero attached hydrogens (tertiary/aromatic N) is 1. The molecule has 4 rings (SSSR count). The second-order valence-electron chi connectivity index (χ2n) is 9.30. The third kappa shape index (κ3) is 8.20. The number of hydrogen-bond donors (Lipinski definition) is 2. The molecule has 0 saturated heterocycles. The molecule has 1 atom stereocenters. The second kappa shape index (κ2) is 13.0. The van der Waals surface area contributed by atoms with E-state index in [1.807, 2.05) is 0 Å². The number of halogens is 4. The Hall–Kier alpha value is -4.12. The zero-order valence-electron chi connectivity index (χ0n) is 22.0. The molecule has 0 spiro atoms. The van der Waals surface area contributed by atoms with E-state index >= 15 is 0 Å². The van der Waals surface area contributed by atoms with Gasteiger partial charge in [-0.05, 0) is 48.6 Å². The Morgan fingerprint density at radius 3 is 2.44 bits per heavy atom. The van der Waals surface area contributed by atoms with Crippen LogP contribution in [0, 0.1) is 0 Å². The zero-order chi connectivity index (χ0) is 29.6. The molecular formula is C29H28ClF3N2O6. The van der Waals surface area contributed by atoms with Crippen molar-refractivity contribution in [3.63, 3.8) is 0 Å². The Bertz CT molecular complexity index is 1380. The number of ether oxygens (including phenoxy) is 3. The smallest absolute Gasteiger partial charge is 0.497 e. The van der Waals surface area contributed by atoms with E-state index in [0.29, 0.717) is 52.7 Å². The summed E-state index contributed by atoms with van der Waals surface area (Å²) in [6.07, 6.45) is -3.35. The van der Waals surface area contributed by atoms with Crippen molar-refractivity contribution in [1.29, 1.82) is 0 Å². The normalized spacial score (nSPS) is 13.3. The predicted molar refractivity (Wildman–Crippen MR) is 147 cm³/mol. The van der Waals surface area contributed by atoms with E-state index < -0.39 is 30.0 Å². The molecule has 1 aliphatic rings. The number of unbranched alkanes of at least 4 members (excludes halogenated alkanes) is 1. The summed E-state index contributed by atoms with van der Waals surface area (Å²) in [6, 6.07) is 14.7. The summed E-state index contributed by atoms with van der Waals surface area (Å²) in [5.74, 6) is -0.775. The monoisotopic (exact) mass is 592 g/mol. The quantitative estimate of drug-likeness (QED) is 0.228. The molecule has 0 bridgehead atoms. The Morgan fingerprint density at radius 2 is 1.76 bits per heavy atom. The van der Waals surface area contributed by atoms with Gasteiger partial charge in [-0.3, -0.25) is 9.59 Å². The number of nitrogens with one attached hydrogen (secondary N) is 1. The molecule has 0 saturated carbocycles. The summed E-state index contributed by atoms with van der Waals surface area (Å²) < 4.78 is 53.8. The number of amides is 1. The van der Waals surface area contributed by atoms with E-state index in [2.05, 4.69) is 10.1 Å². The molecule has 1 heterocycles. The topological polar surface area (TPSA) is 97.3 Å². The highest BCUT2D eigenvalue weighted by atomic mass is 35.5. The average Bonchev–Trinajstić information content (AvgIpc) is 3.34. The summed E-state index contributed by atoms with van der Waals surface area (Å²) in [5.41, 5.74) is 2.14. The van der Waals surface area contributed by atoms with Crippen LogP contribution in [0.2, 0.25) is 5.02 Å². The van der Waals surface area contributed by atoms with E-state index in [1.54, 1.807) is 42.5 Å². The maximum Gasteiger partial charge on any atom is 0.573 e. The van der Waals surface area contributed by atoms with E-state index in [-0.39, 0.29) is 19.6 Å². The van der Waals surface area contributed by atoms with Crippen LogP contribution in [0.1, 0.15) is 36.4 Å². The molecule has 0 fully saturated rings. The predicted octanol–water partition coefficient (Wildman–Crippen LogP) is 6.62. The van der Waals surface area contributed by atoms with Crippen molar-refractivity contribution in [2.24, 2.45) is 0 Å². The number of rotatable bonds is 12. The molecule has 41 heavy (non-hydrogen) atoms. The van der Waals surface area contributed by atoms with Gasteiger partial charge in [0.15, 0.2) is 0 Å². The van der Waals surface area contributed by atoms with Crippen molar-refractivity contribution in [1.82, 2.24) is 0 Å². The Kier molecular flexibility index (Phi) is 9.49. The molecule has 218 valence electrons. The van der Waals surface area contributed by atoms with Crippen LogP contribution in [0.25, 0.3) is 0 Å². The Labute approximate surface area is 239 Å². The zero-order valence-corrected chi connectivity index (χ0v) is 22.8. The summed E-state index contributed by atoms with van der Waals surface area (Å²) in [4.78, 5) is 26.2. The van der Waals surface area contributed by atoms with Crippen molar-refractivity contribution in [3.8, 4) is 17.2 Å². The van der Waals surface area contributed by atoms with Crippen LogP contribution in [0.4, 0.5) is 24.5 Å². The highest BCUT2D eigenvalue weighted by Gasteiger charge is 2.34. The molecule has 1 unspecified atom stereocenters. The molecule has 12 heteroatoms. The number of alkyl halides is 3. The van der Waals surface area contributed by atoms with Gasteiger partial charge in [0.05, 0.1) is 19.4 Å². The Balaban J connectivity index is 1.60. The number of carboxylic acid groups (broad SMARTS) is 1. The lowest BCUT2D eigenvalue weighted by Crippen LogP contribution is -2.37. The summed E-state index contributed by atoms with van der Waals surface area (Å²) >= 11 is 6.08. The molecule has 3 aromatic carbocycles. The van der Waals surface area contributed by atoms with Crippen LogP contribution in [0.5, 0.6) is 17.2 Å². The lowest BCUT2D eigenvalue weighted by molar-refractivity contribution is -0.274. The number of aliphatic carboxylic acids is 1. The maximum atomic E-state index is 14.0. The highest BCUT2D eigenvalue weighted by Crippen LogP contribution is 2.37. The van der Waals surface area contributed by atoms with Crippen molar-refractivity contribution in [2.75, 3.05) is 30.5 Å². The van der Waals surface area contributed by atoms with Crippen LogP contribution >= 0.6 is 11.6 Å². The van der Waals surface area contributed by atoms with Crippen molar-refractivity contribution < 1.29 is 42.1 Å². The van der Waals surface area contributed by atoms with Crippen molar-refractivity contribution in [2.45, 2.75) is 38.1 Å². The minimum Gasteiger partial charge on any atom is -0.497 e. The molecule has 0 radical (unpaired) electrons. The fraction of sp³-hybridized carbons (Fsp3) is 0.310. The average molecular weight is 593 g/mol. The van der Waals surface area contributed by atoms with E-state index in [1.165, 1.54) is 30.2 Å². The van der Waals surface area contributed by atoms with Crippen molar-refractivity contribution >= 4 is 34.9 Å². The van der Waals surface area contributed by atoms with Crippen LogP contribution in [-0.2, 0) is 16.0 Å². The van der Waals surface area contributed by atoms with E-state index in [0.717, 1.165) is 5.56 Å². The molecular weight excluding hydrogens is 565 g/mol. The molecule has 1 amide bonds. The van der Waals surface area contributed by atoms with Gasteiger partial charge >= 0.3 is 12.3 Å². The molecule has 8 nitrogen and oxygen atoms in total. The number of hydrogen-bond acceptors (Lipinski definition) is 6. The van der Waals surface area contributed by atoms with Gasteiger partial charge in [-0.15, -0.1) is 13.2 Å². The maximum absolute atomic E-state index is 14.0. The molecule has 3 aromatic rings. The van der Waals surface area contributed by atoms with Gasteiger partial charge in [0, 0.05) is 47.9 Å². The summed E-state index contributed by atoms with van der Waals surface area (Å²) in [7, 11) is 1.49. The van der Waals surface area contributed by atoms with Crippen LogP contribution in [0.15, 0.2) is 60.7 Å². The van der Waals surface area contributed by atoms with Gasteiger partial charge in [0.2, 0.25) is 0 Å². The van der Waals surface area contributed by atoms with Crippen LogP contribution < -0.4 is 24.4 Å². The van der Waals surface area contributed by atoms with Crippen molar-refractivity contribution in [3.05, 3.63) is 76.8 Å². The molecule has 0 aromatic heterocycles. The van der Waals surface area contributed by atoms with E-state index in [4.69, 9.17) is 26.2 Å². The standard InChI is InChI=1S/C29H28ClF3N2O6/c1-39-23-14-21(15-24(16-23)40-13-3-2-4-26(36)37)34-27(19-5-8-20(30)9-6-19)28(38)35-12-11-18-7-10-22(17-25(18)35)41-29(31,32)33/h5-10,14-17,27,34H,2-4,11-13H2,1H3,(H,36,37). The number of benzene rings is 3. The summed E-state index contributed by atoms with van der Waals surface area (Å²) in [6.45, 7) is 0.560. The SMILES string of the molecule is COc1cc(NC(C(=O)N2CCc3ccc(OC(F)(F)F)cc32)c2ccc(Cl)cc2)cc(OCCCCC(=O)O)c1. The van der Waals surface area contributed by atoms with Gasteiger partial charge in [0.1, 0.15) is 23.3 Å². The first kappa shape index (κ1) is 29.9. The second-order valence-corrected chi connectivity index (χ2v) is 9.74. The first-order valence-electron chi connectivity index (χ1n) is 12.8. The first-order valence-corrected chi connectivity index (χ1v) is 13.2. The molecule has 0 aliphatic carbocycles. The minimum absolute atomic E-state index is 0.0443. The third-order valence-corrected chi connectivity index (χ3v) is 6.63. The number of fused-ring (bicyclic) bond motifs is 1. The van der Waals surface area contributed by atoms with Crippen LogP contribution in [-0.4, -0.2) is 43.6 Å². The number of carboxylic acids is 1. The largest absolute Gasteiger partial charge is 0.573 e. The number of anilines is 2. The lowest BCUT2D eigenvalue weighted by atomic mass is 10.0. The van der Waals surface area contributed by atoms with Gasteiger partial charge in [-0.1, -0.05) is 29.8 Å². The van der Waals surface area contributed by atoms with Gasteiger partial charge in [0.25, 0.3) is 5.91 Å². The molecule has 2 N–H and O–H groups in total. The number of carbonyl (C=O) groups is 2. The van der Waals surface area contributed by atoms with Gasteiger partial charge < -0.3 is 29.5 Å². The fourth-order valence-corrected chi connectivity index (χ4v) is 4.60. The minimum atomic E-state index is -4.86. The van der Waals surface area contributed by atoms with E-state index in [9.17, 15) is 22.8 Å². The van der Waals surface area contributed by atoms with Gasteiger partial charge in [-0.2, -0.15) is 0 Å².